The molecular formula is C13H12N2O2. The van der Waals surface area contributed by atoms with Crippen molar-refractivity contribution in [2.75, 3.05) is 0 Å². The van der Waals surface area contributed by atoms with Gasteiger partial charge in [0.15, 0.2) is 0 Å². The van der Waals surface area contributed by atoms with Gasteiger partial charge in [-0.15, -0.1) is 0 Å². The summed E-state index contributed by atoms with van der Waals surface area (Å²) in [4.78, 5) is 11.6. The number of hydrogen-bond donors (Lipinski definition) is 1. The molecule has 2 rings (SSSR count). The number of rotatable bonds is 3. The zero-order valence-corrected chi connectivity index (χ0v) is 9.38. The van der Waals surface area contributed by atoms with Gasteiger partial charge in [-0.3, -0.25) is 4.79 Å². The van der Waals surface area contributed by atoms with E-state index in [4.69, 9.17) is 4.42 Å². The molecule has 0 aliphatic heterocycles. The molecule has 17 heavy (non-hydrogen) atoms. The number of hydrogen-bond acceptors (Lipinski definition) is 3. The predicted octanol–water partition coefficient (Wildman–Crippen LogP) is 2.35. The smallest absolute Gasteiger partial charge is 0.271 e. The molecule has 1 heterocycles. The number of carbonyl (C=O) groups is 1. The molecular weight excluding hydrogens is 216 g/mol. The minimum absolute atomic E-state index is 0.243. The molecule has 0 fully saturated rings. The Bertz CT molecular complexity index is 513. The zero-order valence-electron chi connectivity index (χ0n) is 9.38. The zero-order chi connectivity index (χ0) is 12.1. The van der Waals surface area contributed by atoms with Crippen LogP contribution >= 0.6 is 0 Å². The lowest BCUT2D eigenvalue weighted by molar-refractivity contribution is 0.0955. The van der Waals surface area contributed by atoms with Crippen LogP contribution < -0.4 is 5.43 Å². The third-order valence-electron chi connectivity index (χ3n) is 2.21. The van der Waals surface area contributed by atoms with Crippen LogP contribution in [0.2, 0.25) is 0 Å². The lowest BCUT2D eigenvalue weighted by Gasteiger charge is -1.99. The van der Waals surface area contributed by atoms with Crippen LogP contribution in [0.1, 0.15) is 21.7 Å². The maximum Gasteiger partial charge on any atom is 0.271 e. The van der Waals surface area contributed by atoms with Gasteiger partial charge >= 0.3 is 0 Å². The molecule has 86 valence electrons. The first-order chi connectivity index (χ1) is 8.25. The van der Waals surface area contributed by atoms with E-state index in [1.165, 1.54) is 6.21 Å². The van der Waals surface area contributed by atoms with Crippen LogP contribution in [-0.4, -0.2) is 12.1 Å². The normalized spacial score (nSPS) is 10.6. The first kappa shape index (κ1) is 11.1. The van der Waals surface area contributed by atoms with Crippen LogP contribution in [0.3, 0.4) is 0 Å². The number of nitrogens with zero attached hydrogens (tertiary/aromatic N) is 1. The molecule has 0 unspecified atom stereocenters. The van der Waals surface area contributed by atoms with Gasteiger partial charge in [0.2, 0.25) is 0 Å². The molecule has 4 nitrogen and oxygen atoms in total. The van der Waals surface area contributed by atoms with Gasteiger partial charge in [0.1, 0.15) is 5.76 Å². The van der Waals surface area contributed by atoms with Crippen molar-refractivity contribution in [1.29, 1.82) is 0 Å². The van der Waals surface area contributed by atoms with Crippen molar-refractivity contribution in [3.05, 3.63) is 59.5 Å². The van der Waals surface area contributed by atoms with Crippen molar-refractivity contribution in [3.63, 3.8) is 0 Å². The van der Waals surface area contributed by atoms with E-state index in [1.54, 1.807) is 30.5 Å². The Kier molecular flexibility index (Phi) is 3.35. The van der Waals surface area contributed by atoms with E-state index in [1.807, 2.05) is 19.1 Å². The van der Waals surface area contributed by atoms with E-state index < -0.39 is 0 Å². The third kappa shape index (κ3) is 3.04. The second-order valence-corrected chi connectivity index (χ2v) is 3.58. The number of carbonyl (C=O) groups excluding carboxylic acids is 1. The van der Waals surface area contributed by atoms with Gasteiger partial charge < -0.3 is 4.42 Å². The topological polar surface area (TPSA) is 54.6 Å². The Labute approximate surface area is 99.0 Å². The molecule has 4 heteroatoms. The number of nitrogens with one attached hydrogen (secondary N) is 1. The minimum Gasteiger partial charge on any atom is -0.463 e. The van der Waals surface area contributed by atoms with Gasteiger partial charge in [-0.2, -0.15) is 5.10 Å². The van der Waals surface area contributed by atoms with E-state index in [0.717, 1.165) is 5.56 Å². The Hall–Kier alpha value is -2.36. The quantitative estimate of drug-likeness (QED) is 0.647. The van der Waals surface area contributed by atoms with Crippen molar-refractivity contribution in [2.24, 2.45) is 5.10 Å². The number of hydrazone groups is 1. The van der Waals surface area contributed by atoms with Crippen molar-refractivity contribution in [2.45, 2.75) is 6.92 Å². The first-order valence-corrected chi connectivity index (χ1v) is 5.19. The highest BCUT2D eigenvalue weighted by Gasteiger charge is 2.02. The molecule has 0 aliphatic carbocycles. The van der Waals surface area contributed by atoms with E-state index in [-0.39, 0.29) is 5.91 Å². The monoisotopic (exact) mass is 228 g/mol. The van der Waals surface area contributed by atoms with Crippen LogP contribution in [0.15, 0.2) is 52.2 Å². The molecule has 0 bridgehead atoms. The molecule has 2 aromatic rings. The Morgan fingerprint density at radius 3 is 2.71 bits per heavy atom. The second kappa shape index (κ2) is 5.12. The summed E-state index contributed by atoms with van der Waals surface area (Å²) < 4.78 is 5.04. The van der Waals surface area contributed by atoms with Gasteiger partial charge in [0.25, 0.3) is 5.91 Å². The summed E-state index contributed by atoms with van der Waals surface area (Å²) in [5, 5.41) is 3.79. The predicted molar refractivity (Wildman–Crippen MR) is 64.9 cm³/mol. The molecule has 0 saturated heterocycles. The van der Waals surface area contributed by atoms with Crippen molar-refractivity contribution in [1.82, 2.24) is 5.43 Å². The molecule has 0 saturated carbocycles. The fourth-order valence-corrected chi connectivity index (χ4v) is 1.29. The maximum absolute atomic E-state index is 11.6. The largest absolute Gasteiger partial charge is 0.463 e. The van der Waals surface area contributed by atoms with Crippen molar-refractivity contribution >= 4 is 12.1 Å². The highest BCUT2D eigenvalue weighted by Crippen LogP contribution is 2.02. The van der Waals surface area contributed by atoms with Gasteiger partial charge in [-0.05, 0) is 31.2 Å². The van der Waals surface area contributed by atoms with Gasteiger partial charge in [-0.1, -0.05) is 17.7 Å². The fourth-order valence-electron chi connectivity index (χ4n) is 1.29. The SMILES string of the molecule is Cc1ccc(C(=O)N/N=C/c2ccco2)cc1. The summed E-state index contributed by atoms with van der Waals surface area (Å²) >= 11 is 0. The van der Waals surface area contributed by atoms with Crippen LogP contribution in [0.25, 0.3) is 0 Å². The Balaban J connectivity index is 1.96. The van der Waals surface area contributed by atoms with Gasteiger partial charge in [0, 0.05) is 5.56 Å². The molecule has 1 amide bonds. The summed E-state index contributed by atoms with van der Waals surface area (Å²) in [6, 6.07) is 10.8. The summed E-state index contributed by atoms with van der Waals surface area (Å²) in [6.45, 7) is 1.97. The molecule has 0 aliphatic rings. The summed E-state index contributed by atoms with van der Waals surface area (Å²) in [6.07, 6.45) is 3.00. The Morgan fingerprint density at radius 1 is 1.29 bits per heavy atom. The number of furan rings is 1. The molecule has 0 spiro atoms. The van der Waals surface area contributed by atoms with Crippen LogP contribution in [0, 0.1) is 6.92 Å². The van der Waals surface area contributed by atoms with Crippen LogP contribution in [0.4, 0.5) is 0 Å². The van der Waals surface area contributed by atoms with Crippen molar-refractivity contribution in [3.8, 4) is 0 Å². The fraction of sp³-hybridized carbons (Fsp3) is 0.0769. The lowest BCUT2D eigenvalue weighted by Crippen LogP contribution is -2.17. The maximum atomic E-state index is 11.6. The summed E-state index contributed by atoms with van der Waals surface area (Å²) in [5.41, 5.74) is 4.12. The van der Waals surface area contributed by atoms with Crippen molar-refractivity contribution < 1.29 is 9.21 Å². The average molecular weight is 228 g/mol. The molecule has 1 N–H and O–H groups in total. The number of amides is 1. The molecule has 1 aromatic heterocycles. The first-order valence-electron chi connectivity index (χ1n) is 5.19. The average Bonchev–Trinajstić information content (AvgIpc) is 2.83. The van der Waals surface area contributed by atoms with E-state index in [2.05, 4.69) is 10.5 Å². The summed E-state index contributed by atoms with van der Waals surface area (Å²) in [5.74, 6) is 0.349. The Morgan fingerprint density at radius 2 is 2.06 bits per heavy atom. The summed E-state index contributed by atoms with van der Waals surface area (Å²) in [7, 11) is 0. The highest BCUT2D eigenvalue weighted by molar-refractivity contribution is 5.94. The lowest BCUT2D eigenvalue weighted by atomic mass is 10.1. The van der Waals surface area contributed by atoms with E-state index in [0.29, 0.717) is 11.3 Å². The van der Waals surface area contributed by atoms with E-state index in [9.17, 15) is 4.79 Å². The second-order valence-electron chi connectivity index (χ2n) is 3.58. The number of aryl methyl sites for hydroxylation is 1. The van der Waals surface area contributed by atoms with E-state index >= 15 is 0 Å². The third-order valence-corrected chi connectivity index (χ3v) is 2.21. The molecule has 0 atom stereocenters. The van der Waals surface area contributed by atoms with Crippen LogP contribution in [-0.2, 0) is 0 Å². The van der Waals surface area contributed by atoms with Gasteiger partial charge in [0.05, 0.1) is 12.5 Å². The molecule has 1 aromatic carbocycles. The molecule has 0 radical (unpaired) electrons. The van der Waals surface area contributed by atoms with Crippen LogP contribution in [0.5, 0.6) is 0 Å². The number of benzene rings is 1. The minimum atomic E-state index is -0.243. The van der Waals surface area contributed by atoms with Gasteiger partial charge in [-0.25, -0.2) is 5.43 Å². The highest BCUT2D eigenvalue weighted by atomic mass is 16.3. The standard InChI is InChI=1S/C13H12N2O2/c1-10-4-6-11(7-5-10)13(16)15-14-9-12-3-2-8-17-12/h2-9H,1H3,(H,15,16)/b14-9+.